The molecule has 0 unspecified atom stereocenters. The van der Waals surface area contributed by atoms with Crippen molar-refractivity contribution in [1.29, 1.82) is 0 Å². The molecule has 0 saturated carbocycles. The molecule has 86 valence electrons. The van der Waals surface area contributed by atoms with E-state index in [2.05, 4.69) is 17.5 Å². The van der Waals surface area contributed by atoms with Crippen LogP contribution in [0.25, 0.3) is 0 Å². The maximum atomic E-state index is 8.84. The Balaban J connectivity index is 3.40. The minimum atomic E-state index is 0.232. The van der Waals surface area contributed by atoms with Gasteiger partial charge in [-0.3, -0.25) is 4.90 Å². The molecule has 0 aliphatic heterocycles. The second-order valence-corrected chi connectivity index (χ2v) is 3.79. The van der Waals surface area contributed by atoms with E-state index in [0.29, 0.717) is 0 Å². The molecule has 0 amide bonds. The molecule has 14 heavy (non-hydrogen) atoms. The summed E-state index contributed by atoms with van der Waals surface area (Å²) in [5, 5.41) is 8.84. The van der Waals surface area contributed by atoms with Gasteiger partial charge in [0.25, 0.3) is 0 Å². The minimum absolute atomic E-state index is 0.232. The van der Waals surface area contributed by atoms with E-state index in [0.717, 1.165) is 32.0 Å². The van der Waals surface area contributed by atoms with Crippen molar-refractivity contribution in [2.75, 3.05) is 45.7 Å². The van der Waals surface area contributed by atoms with E-state index in [4.69, 9.17) is 9.84 Å². The highest BCUT2D eigenvalue weighted by Gasteiger charge is 2.02. The zero-order valence-corrected chi connectivity index (χ0v) is 10.0. The van der Waals surface area contributed by atoms with Crippen molar-refractivity contribution < 1.29 is 9.84 Å². The van der Waals surface area contributed by atoms with Gasteiger partial charge < -0.3 is 9.84 Å². The highest BCUT2D eigenvalue weighted by Crippen LogP contribution is 1.99. The summed E-state index contributed by atoms with van der Waals surface area (Å²) in [4.78, 5) is 2.24. The van der Waals surface area contributed by atoms with Gasteiger partial charge in [-0.15, -0.1) is 0 Å². The molecule has 4 heteroatoms. The highest BCUT2D eigenvalue weighted by molar-refractivity contribution is 7.80. The van der Waals surface area contributed by atoms with Gasteiger partial charge in [-0.1, -0.05) is 6.42 Å². The molecule has 0 atom stereocenters. The molecule has 0 fully saturated rings. The highest BCUT2D eigenvalue weighted by atomic mass is 32.1. The second kappa shape index (κ2) is 11.3. The third kappa shape index (κ3) is 8.81. The Morgan fingerprint density at radius 3 is 2.50 bits per heavy atom. The summed E-state index contributed by atoms with van der Waals surface area (Å²) in [7, 11) is 1.71. The number of unbranched alkanes of at least 4 members (excludes halogenated alkanes) is 2. The number of nitrogens with zero attached hydrogens (tertiary/aromatic N) is 1. The van der Waals surface area contributed by atoms with Crippen LogP contribution in [0.2, 0.25) is 0 Å². The summed E-state index contributed by atoms with van der Waals surface area (Å²) < 4.78 is 5.01. The summed E-state index contributed by atoms with van der Waals surface area (Å²) in [6.07, 6.45) is 3.59. The van der Waals surface area contributed by atoms with E-state index in [1.54, 1.807) is 7.11 Å². The van der Waals surface area contributed by atoms with Crippen LogP contribution in [0.5, 0.6) is 0 Å². The monoisotopic (exact) mass is 221 g/mol. The topological polar surface area (TPSA) is 32.7 Å². The molecule has 3 nitrogen and oxygen atoms in total. The first-order chi connectivity index (χ1) is 6.85. The second-order valence-electron chi connectivity index (χ2n) is 3.34. The molecule has 0 saturated heterocycles. The standard InChI is InChI=1S/C10H23NO2S/c1-13-9-7-11(6-8-12)5-3-2-4-10-14/h12,14H,2-10H2,1H3. The number of methoxy groups -OCH3 is 1. The van der Waals surface area contributed by atoms with Crippen molar-refractivity contribution in [2.45, 2.75) is 19.3 Å². The predicted octanol–water partition coefficient (Wildman–Crippen LogP) is 1.03. The van der Waals surface area contributed by atoms with Crippen LogP contribution in [0.4, 0.5) is 0 Å². The molecule has 0 aromatic carbocycles. The lowest BCUT2D eigenvalue weighted by Gasteiger charge is -2.20. The average Bonchev–Trinajstić information content (AvgIpc) is 2.20. The number of rotatable bonds is 10. The maximum absolute atomic E-state index is 8.84. The number of aliphatic hydroxyl groups is 1. The van der Waals surface area contributed by atoms with Gasteiger partial charge in [0.2, 0.25) is 0 Å². The molecule has 1 N–H and O–H groups in total. The fourth-order valence-electron chi connectivity index (χ4n) is 1.32. The van der Waals surface area contributed by atoms with Crippen molar-refractivity contribution in [3.8, 4) is 0 Å². The summed E-state index contributed by atoms with van der Waals surface area (Å²) in [5.41, 5.74) is 0. The zero-order valence-electron chi connectivity index (χ0n) is 9.11. The Hall–Kier alpha value is 0.230. The fraction of sp³-hybridized carbons (Fsp3) is 1.00. The molecule has 0 rings (SSSR count). The van der Waals surface area contributed by atoms with E-state index in [-0.39, 0.29) is 6.61 Å². The molecule has 0 aliphatic rings. The van der Waals surface area contributed by atoms with Crippen LogP contribution in [0.1, 0.15) is 19.3 Å². The third-order valence-corrected chi connectivity index (χ3v) is 2.48. The largest absolute Gasteiger partial charge is 0.395 e. The quantitative estimate of drug-likeness (QED) is 0.427. The van der Waals surface area contributed by atoms with Crippen LogP contribution in [-0.4, -0.2) is 55.7 Å². The van der Waals surface area contributed by atoms with E-state index in [1.165, 1.54) is 19.3 Å². The molecule has 0 aromatic heterocycles. The molecule has 0 bridgehead atoms. The Morgan fingerprint density at radius 1 is 1.14 bits per heavy atom. The number of hydrogen-bond donors (Lipinski definition) is 2. The van der Waals surface area contributed by atoms with Crippen molar-refractivity contribution in [3.05, 3.63) is 0 Å². The minimum Gasteiger partial charge on any atom is -0.395 e. The Bertz CT molecular complexity index is 114. The first-order valence-electron chi connectivity index (χ1n) is 5.28. The average molecular weight is 221 g/mol. The molecular weight excluding hydrogens is 198 g/mol. The van der Waals surface area contributed by atoms with Gasteiger partial charge in [-0.2, -0.15) is 12.6 Å². The molecule has 0 spiro atoms. The number of aliphatic hydroxyl groups excluding tert-OH is 1. The van der Waals surface area contributed by atoms with Crippen molar-refractivity contribution in [2.24, 2.45) is 0 Å². The van der Waals surface area contributed by atoms with Gasteiger partial charge in [0.05, 0.1) is 13.2 Å². The number of hydrogen-bond acceptors (Lipinski definition) is 4. The summed E-state index contributed by atoms with van der Waals surface area (Å²) in [6, 6.07) is 0. The van der Waals surface area contributed by atoms with E-state index in [9.17, 15) is 0 Å². The third-order valence-electron chi connectivity index (χ3n) is 2.16. The van der Waals surface area contributed by atoms with Gasteiger partial charge in [-0.25, -0.2) is 0 Å². The first kappa shape index (κ1) is 14.2. The SMILES string of the molecule is COCCN(CCO)CCCCCS. The smallest absolute Gasteiger partial charge is 0.0589 e. The summed E-state index contributed by atoms with van der Waals surface area (Å²) >= 11 is 4.17. The summed E-state index contributed by atoms with van der Waals surface area (Å²) in [6.45, 7) is 3.70. The van der Waals surface area contributed by atoms with Crippen molar-refractivity contribution >= 4 is 12.6 Å². The van der Waals surface area contributed by atoms with E-state index < -0.39 is 0 Å². The van der Waals surface area contributed by atoms with Gasteiger partial charge in [-0.05, 0) is 25.1 Å². The number of ether oxygens (including phenoxy) is 1. The molecule has 0 aromatic rings. The Labute approximate surface area is 92.8 Å². The van der Waals surface area contributed by atoms with Crippen LogP contribution >= 0.6 is 12.6 Å². The van der Waals surface area contributed by atoms with Crippen LogP contribution in [0.15, 0.2) is 0 Å². The van der Waals surface area contributed by atoms with Crippen LogP contribution < -0.4 is 0 Å². The van der Waals surface area contributed by atoms with E-state index in [1.807, 2.05) is 0 Å². The lowest BCUT2D eigenvalue weighted by molar-refractivity contribution is 0.129. The van der Waals surface area contributed by atoms with E-state index >= 15 is 0 Å². The summed E-state index contributed by atoms with van der Waals surface area (Å²) in [5.74, 6) is 0.970. The van der Waals surface area contributed by atoms with Gasteiger partial charge in [0.1, 0.15) is 0 Å². The molecule has 0 radical (unpaired) electrons. The molecule has 0 heterocycles. The lowest BCUT2D eigenvalue weighted by atomic mass is 10.2. The van der Waals surface area contributed by atoms with Crippen LogP contribution in [0, 0.1) is 0 Å². The number of thiol groups is 1. The molecular formula is C10H23NO2S. The van der Waals surface area contributed by atoms with Gasteiger partial charge in [0.15, 0.2) is 0 Å². The first-order valence-corrected chi connectivity index (χ1v) is 5.91. The van der Waals surface area contributed by atoms with Crippen molar-refractivity contribution in [1.82, 2.24) is 4.90 Å². The Kier molecular flexibility index (Phi) is 11.5. The van der Waals surface area contributed by atoms with Crippen molar-refractivity contribution in [3.63, 3.8) is 0 Å². The normalized spacial score (nSPS) is 11.1. The van der Waals surface area contributed by atoms with Crippen LogP contribution in [0.3, 0.4) is 0 Å². The Morgan fingerprint density at radius 2 is 1.93 bits per heavy atom. The van der Waals surface area contributed by atoms with Crippen LogP contribution in [-0.2, 0) is 4.74 Å². The zero-order chi connectivity index (χ0) is 10.6. The fourth-order valence-corrected chi connectivity index (χ4v) is 1.54. The lowest BCUT2D eigenvalue weighted by Crippen LogP contribution is -2.31. The maximum Gasteiger partial charge on any atom is 0.0589 e. The molecule has 0 aliphatic carbocycles. The predicted molar refractivity (Wildman–Crippen MR) is 63.1 cm³/mol. The van der Waals surface area contributed by atoms with Gasteiger partial charge in [0, 0.05) is 20.2 Å². The van der Waals surface area contributed by atoms with Gasteiger partial charge >= 0.3 is 0 Å².